The van der Waals surface area contributed by atoms with Crippen LogP contribution in [0.1, 0.15) is 43.4 Å². The Morgan fingerprint density at radius 3 is 2.55 bits per heavy atom. The molecule has 0 spiro atoms. The standard InChI is InChI=1S/C16H26N2O2/c1-11-6-7-12(2)14(8-11)13(9-17)10-18-15(19)20-16(3,4)5/h6-8,13H,9-10,17H2,1-5H3,(H,18,19). The van der Waals surface area contributed by atoms with E-state index in [0.29, 0.717) is 13.1 Å². The first-order chi connectivity index (χ1) is 9.23. The highest BCUT2D eigenvalue weighted by atomic mass is 16.6. The van der Waals surface area contributed by atoms with Crippen molar-refractivity contribution in [2.45, 2.75) is 46.1 Å². The molecule has 1 atom stereocenters. The molecule has 1 unspecified atom stereocenters. The van der Waals surface area contributed by atoms with E-state index in [1.165, 1.54) is 16.7 Å². The predicted octanol–water partition coefficient (Wildman–Crippen LogP) is 2.87. The number of rotatable bonds is 4. The van der Waals surface area contributed by atoms with Gasteiger partial charge in [-0.1, -0.05) is 23.8 Å². The average Bonchev–Trinajstić information content (AvgIpc) is 2.32. The molecule has 112 valence electrons. The summed E-state index contributed by atoms with van der Waals surface area (Å²) in [6, 6.07) is 6.29. The SMILES string of the molecule is Cc1ccc(C)c(C(CN)CNC(=O)OC(C)(C)C)c1. The molecule has 3 N–H and O–H groups in total. The van der Waals surface area contributed by atoms with Crippen LogP contribution >= 0.6 is 0 Å². The van der Waals surface area contributed by atoms with Gasteiger partial charge in [0.2, 0.25) is 0 Å². The summed E-state index contributed by atoms with van der Waals surface area (Å²) < 4.78 is 5.23. The van der Waals surface area contributed by atoms with E-state index in [9.17, 15) is 4.79 Å². The molecule has 0 aromatic heterocycles. The van der Waals surface area contributed by atoms with Crippen molar-refractivity contribution in [2.75, 3.05) is 13.1 Å². The van der Waals surface area contributed by atoms with Crippen molar-refractivity contribution in [2.24, 2.45) is 5.73 Å². The van der Waals surface area contributed by atoms with Crippen LogP contribution in [0.4, 0.5) is 4.79 Å². The molecule has 0 saturated carbocycles. The molecule has 0 radical (unpaired) electrons. The van der Waals surface area contributed by atoms with E-state index in [1.807, 2.05) is 20.8 Å². The molecule has 1 aromatic carbocycles. The number of benzene rings is 1. The topological polar surface area (TPSA) is 64.3 Å². The summed E-state index contributed by atoms with van der Waals surface area (Å²) in [5.74, 6) is 0.0995. The van der Waals surface area contributed by atoms with Crippen molar-refractivity contribution in [1.82, 2.24) is 5.32 Å². The average molecular weight is 278 g/mol. The molecule has 0 bridgehead atoms. The van der Waals surface area contributed by atoms with E-state index in [-0.39, 0.29) is 5.92 Å². The van der Waals surface area contributed by atoms with Gasteiger partial charge in [-0.15, -0.1) is 0 Å². The molecule has 1 amide bonds. The van der Waals surface area contributed by atoms with Gasteiger partial charge in [-0.2, -0.15) is 0 Å². The number of ether oxygens (including phenoxy) is 1. The Morgan fingerprint density at radius 1 is 1.35 bits per heavy atom. The number of nitrogens with two attached hydrogens (primary N) is 1. The third-order valence-corrected chi connectivity index (χ3v) is 3.05. The van der Waals surface area contributed by atoms with Gasteiger partial charge < -0.3 is 15.8 Å². The Morgan fingerprint density at radius 2 is 2.00 bits per heavy atom. The van der Waals surface area contributed by atoms with Gasteiger partial charge in [0.15, 0.2) is 0 Å². The van der Waals surface area contributed by atoms with Crippen molar-refractivity contribution < 1.29 is 9.53 Å². The molecule has 4 nitrogen and oxygen atoms in total. The second-order valence-corrected chi connectivity index (χ2v) is 6.18. The zero-order valence-electron chi connectivity index (χ0n) is 13.1. The molecule has 0 aliphatic carbocycles. The van der Waals surface area contributed by atoms with Gasteiger partial charge in [-0.25, -0.2) is 4.79 Å². The minimum absolute atomic E-state index is 0.0995. The second kappa shape index (κ2) is 6.75. The molecule has 0 fully saturated rings. The Labute approximate surface area is 121 Å². The van der Waals surface area contributed by atoms with Gasteiger partial charge in [0.1, 0.15) is 5.60 Å². The maximum absolute atomic E-state index is 11.7. The van der Waals surface area contributed by atoms with Crippen molar-refractivity contribution in [1.29, 1.82) is 0 Å². The van der Waals surface area contributed by atoms with Crippen LogP contribution in [-0.4, -0.2) is 24.8 Å². The number of hydrogen-bond acceptors (Lipinski definition) is 3. The first-order valence-electron chi connectivity index (χ1n) is 6.97. The second-order valence-electron chi connectivity index (χ2n) is 6.18. The van der Waals surface area contributed by atoms with Crippen LogP contribution < -0.4 is 11.1 Å². The Bertz CT molecular complexity index is 464. The number of alkyl carbamates (subject to hydrolysis) is 1. The van der Waals surface area contributed by atoms with E-state index in [2.05, 4.69) is 37.4 Å². The third kappa shape index (κ3) is 5.21. The largest absolute Gasteiger partial charge is 0.444 e. The summed E-state index contributed by atoms with van der Waals surface area (Å²) in [5.41, 5.74) is 8.93. The predicted molar refractivity (Wildman–Crippen MR) is 81.9 cm³/mol. The molecule has 0 aliphatic rings. The van der Waals surface area contributed by atoms with Crippen LogP contribution in [0.3, 0.4) is 0 Å². The molecule has 0 heterocycles. The summed E-state index contributed by atoms with van der Waals surface area (Å²) in [5, 5.41) is 2.79. The summed E-state index contributed by atoms with van der Waals surface area (Å²) in [4.78, 5) is 11.7. The zero-order chi connectivity index (χ0) is 15.3. The zero-order valence-corrected chi connectivity index (χ0v) is 13.1. The minimum atomic E-state index is -0.485. The van der Waals surface area contributed by atoms with Crippen LogP contribution in [0.2, 0.25) is 0 Å². The van der Waals surface area contributed by atoms with Crippen LogP contribution in [-0.2, 0) is 4.74 Å². The highest BCUT2D eigenvalue weighted by molar-refractivity contribution is 5.67. The smallest absolute Gasteiger partial charge is 0.407 e. The molecular weight excluding hydrogens is 252 g/mol. The highest BCUT2D eigenvalue weighted by Crippen LogP contribution is 2.20. The molecule has 4 heteroatoms. The monoisotopic (exact) mass is 278 g/mol. The summed E-state index contributed by atoms with van der Waals surface area (Å²) in [7, 11) is 0. The lowest BCUT2D eigenvalue weighted by Crippen LogP contribution is -2.36. The highest BCUT2D eigenvalue weighted by Gasteiger charge is 2.18. The van der Waals surface area contributed by atoms with Gasteiger partial charge in [0.25, 0.3) is 0 Å². The summed E-state index contributed by atoms with van der Waals surface area (Å²) in [6.07, 6.45) is -0.402. The lowest BCUT2D eigenvalue weighted by molar-refractivity contribution is 0.0525. The number of aryl methyl sites for hydroxylation is 2. The number of carbonyl (C=O) groups is 1. The first-order valence-corrected chi connectivity index (χ1v) is 6.97. The molecule has 0 aliphatic heterocycles. The number of nitrogens with one attached hydrogen (secondary N) is 1. The number of hydrogen-bond donors (Lipinski definition) is 2. The lowest BCUT2D eigenvalue weighted by Gasteiger charge is -2.22. The summed E-state index contributed by atoms with van der Waals surface area (Å²) >= 11 is 0. The first kappa shape index (κ1) is 16.5. The Hall–Kier alpha value is -1.55. The van der Waals surface area contributed by atoms with Crippen LogP contribution in [0.15, 0.2) is 18.2 Å². The van der Waals surface area contributed by atoms with E-state index >= 15 is 0 Å². The van der Waals surface area contributed by atoms with Crippen molar-refractivity contribution in [3.63, 3.8) is 0 Å². The van der Waals surface area contributed by atoms with E-state index < -0.39 is 11.7 Å². The Kier molecular flexibility index (Phi) is 5.57. The Balaban J connectivity index is 2.68. The van der Waals surface area contributed by atoms with Gasteiger partial charge in [-0.05, 0) is 45.7 Å². The third-order valence-electron chi connectivity index (χ3n) is 3.05. The number of amides is 1. The van der Waals surface area contributed by atoms with Crippen LogP contribution in [0, 0.1) is 13.8 Å². The fourth-order valence-corrected chi connectivity index (χ4v) is 2.04. The van der Waals surface area contributed by atoms with Crippen LogP contribution in [0.5, 0.6) is 0 Å². The van der Waals surface area contributed by atoms with Crippen molar-refractivity contribution in [3.8, 4) is 0 Å². The maximum atomic E-state index is 11.7. The van der Waals surface area contributed by atoms with Crippen LogP contribution in [0.25, 0.3) is 0 Å². The molecule has 0 saturated heterocycles. The molecule has 20 heavy (non-hydrogen) atoms. The van der Waals surface area contributed by atoms with Gasteiger partial charge in [-0.3, -0.25) is 0 Å². The van der Waals surface area contributed by atoms with Crippen molar-refractivity contribution in [3.05, 3.63) is 34.9 Å². The quantitative estimate of drug-likeness (QED) is 0.890. The van der Waals surface area contributed by atoms with Gasteiger partial charge >= 0.3 is 6.09 Å². The maximum Gasteiger partial charge on any atom is 0.407 e. The number of carbonyl (C=O) groups excluding carboxylic acids is 1. The minimum Gasteiger partial charge on any atom is -0.444 e. The normalized spacial score (nSPS) is 12.9. The fraction of sp³-hybridized carbons (Fsp3) is 0.562. The lowest BCUT2D eigenvalue weighted by atomic mass is 9.93. The van der Waals surface area contributed by atoms with Gasteiger partial charge in [0.05, 0.1) is 0 Å². The molecule has 1 rings (SSSR count). The van der Waals surface area contributed by atoms with Gasteiger partial charge in [0, 0.05) is 19.0 Å². The molecule has 1 aromatic rings. The summed E-state index contributed by atoms with van der Waals surface area (Å²) in [6.45, 7) is 10.6. The van der Waals surface area contributed by atoms with E-state index in [4.69, 9.17) is 10.5 Å². The van der Waals surface area contributed by atoms with Crippen molar-refractivity contribution >= 4 is 6.09 Å². The van der Waals surface area contributed by atoms with E-state index in [0.717, 1.165) is 0 Å². The van der Waals surface area contributed by atoms with E-state index in [1.54, 1.807) is 0 Å². The molecular formula is C16H26N2O2. The fourth-order valence-electron chi connectivity index (χ4n) is 2.04.